The Morgan fingerprint density at radius 3 is 2.67 bits per heavy atom. The number of para-hydroxylation sites is 1. The van der Waals surface area contributed by atoms with Gasteiger partial charge in [0.05, 0.1) is 0 Å². The van der Waals surface area contributed by atoms with E-state index < -0.39 is 0 Å². The van der Waals surface area contributed by atoms with Crippen molar-refractivity contribution in [3.05, 3.63) is 47.7 Å². The summed E-state index contributed by atoms with van der Waals surface area (Å²) in [4.78, 5) is 0. The minimum atomic E-state index is 0.895. The summed E-state index contributed by atoms with van der Waals surface area (Å²) in [6, 6.07) is 8.02. The third-order valence-electron chi connectivity index (χ3n) is 2.29. The summed E-state index contributed by atoms with van der Waals surface area (Å²) in [5.74, 6) is 0.895. The lowest BCUT2D eigenvalue weighted by Gasteiger charge is -1.91. The van der Waals surface area contributed by atoms with Crippen molar-refractivity contribution >= 4 is 23.1 Å². The largest absolute Gasteiger partial charge is 0.456 e. The Balaban J connectivity index is 2.75. The van der Waals surface area contributed by atoms with Gasteiger partial charge >= 0.3 is 0 Å². The minimum Gasteiger partial charge on any atom is -0.456 e. The highest BCUT2D eigenvalue weighted by Crippen LogP contribution is 2.28. The second kappa shape index (κ2) is 3.77. The van der Waals surface area contributed by atoms with Crippen molar-refractivity contribution in [2.45, 2.75) is 13.8 Å². The second-order valence-corrected chi connectivity index (χ2v) is 3.80. The van der Waals surface area contributed by atoms with Crippen LogP contribution in [0.3, 0.4) is 0 Å². The van der Waals surface area contributed by atoms with E-state index in [0.717, 1.165) is 22.3 Å². The fourth-order valence-corrected chi connectivity index (χ4v) is 1.66. The molecule has 1 nitrogen and oxygen atoms in total. The highest BCUT2D eigenvalue weighted by Gasteiger charge is 2.08. The zero-order valence-electron chi connectivity index (χ0n) is 9.08. The van der Waals surface area contributed by atoms with Crippen LogP contribution in [-0.2, 0) is 0 Å². The molecule has 0 aliphatic heterocycles. The van der Waals surface area contributed by atoms with Crippen molar-refractivity contribution in [3.63, 3.8) is 0 Å². The van der Waals surface area contributed by atoms with E-state index in [1.807, 2.05) is 30.4 Å². The Kier molecular flexibility index (Phi) is 2.46. The number of furan rings is 1. The lowest BCUT2D eigenvalue weighted by atomic mass is 10.1. The van der Waals surface area contributed by atoms with Gasteiger partial charge in [0, 0.05) is 10.9 Å². The molecule has 2 rings (SSSR count). The lowest BCUT2D eigenvalue weighted by molar-refractivity contribution is 0.603. The van der Waals surface area contributed by atoms with Crippen LogP contribution < -0.4 is 0 Å². The normalized spacial score (nSPS) is 10.3. The number of benzene rings is 1. The number of hydrogen-bond acceptors (Lipinski definition) is 1. The smallest absolute Gasteiger partial charge is 0.135 e. The predicted molar refractivity (Wildman–Crippen MR) is 65.6 cm³/mol. The van der Waals surface area contributed by atoms with Gasteiger partial charge in [-0.2, -0.15) is 0 Å². The first-order valence-corrected chi connectivity index (χ1v) is 5.01. The molecule has 0 bridgehead atoms. The number of rotatable bonds is 2. The highest BCUT2D eigenvalue weighted by atomic mass is 16.3. The maximum Gasteiger partial charge on any atom is 0.135 e. The van der Waals surface area contributed by atoms with Gasteiger partial charge in [-0.05, 0) is 26.0 Å². The van der Waals surface area contributed by atoms with Gasteiger partial charge in [-0.15, -0.1) is 0 Å². The Hall–Kier alpha value is -1.76. The van der Waals surface area contributed by atoms with Crippen molar-refractivity contribution in [3.8, 4) is 0 Å². The molecule has 1 aromatic heterocycles. The molecule has 1 aromatic carbocycles. The van der Waals surface area contributed by atoms with Crippen LogP contribution in [0.25, 0.3) is 23.1 Å². The van der Waals surface area contributed by atoms with Gasteiger partial charge in [0.25, 0.3) is 0 Å². The van der Waals surface area contributed by atoms with E-state index >= 15 is 0 Å². The molecule has 0 saturated carbocycles. The number of hydrogen-bond donors (Lipinski definition) is 0. The van der Waals surface area contributed by atoms with Crippen LogP contribution in [0, 0.1) is 0 Å². The average Bonchev–Trinajstić information content (AvgIpc) is 2.53. The van der Waals surface area contributed by atoms with Gasteiger partial charge in [-0.1, -0.05) is 36.4 Å². The monoisotopic (exact) mass is 198 g/mol. The van der Waals surface area contributed by atoms with E-state index in [1.54, 1.807) is 0 Å². The maximum absolute atomic E-state index is 5.75. The van der Waals surface area contributed by atoms with E-state index in [9.17, 15) is 0 Å². The molecule has 0 atom stereocenters. The fraction of sp³-hybridized carbons (Fsp3) is 0.143. The van der Waals surface area contributed by atoms with Crippen LogP contribution >= 0.6 is 0 Å². The van der Waals surface area contributed by atoms with Gasteiger partial charge < -0.3 is 4.42 Å². The van der Waals surface area contributed by atoms with Crippen molar-refractivity contribution in [2.75, 3.05) is 0 Å². The van der Waals surface area contributed by atoms with E-state index in [4.69, 9.17) is 4.42 Å². The summed E-state index contributed by atoms with van der Waals surface area (Å²) in [6.45, 7) is 7.94. The van der Waals surface area contributed by atoms with Crippen molar-refractivity contribution in [2.24, 2.45) is 0 Å². The highest BCUT2D eigenvalue weighted by molar-refractivity contribution is 5.90. The van der Waals surface area contributed by atoms with E-state index in [1.165, 1.54) is 5.57 Å². The molecule has 1 heteroatoms. The molecule has 0 N–H and O–H groups in total. The van der Waals surface area contributed by atoms with Crippen LogP contribution in [0.1, 0.15) is 25.2 Å². The van der Waals surface area contributed by atoms with Crippen molar-refractivity contribution in [1.29, 1.82) is 0 Å². The first kappa shape index (κ1) is 9.78. The molecule has 0 aliphatic rings. The molecule has 1 heterocycles. The topological polar surface area (TPSA) is 13.1 Å². The Labute approximate surface area is 89.7 Å². The quantitative estimate of drug-likeness (QED) is 0.692. The zero-order chi connectivity index (χ0) is 10.8. The molecule has 2 aromatic rings. The van der Waals surface area contributed by atoms with E-state index in [2.05, 4.69) is 26.5 Å². The summed E-state index contributed by atoms with van der Waals surface area (Å²) >= 11 is 0. The molecule has 0 unspecified atom stereocenters. The van der Waals surface area contributed by atoms with Crippen LogP contribution in [0.5, 0.6) is 0 Å². The number of allylic oxidation sites excluding steroid dienone is 1. The summed E-state index contributed by atoms with van der Waals surface area (Å²) in [5, 5.41) is 1.13. The molecule has 0 amide bonds. The molecule has 0 radical (unpaired) electrons. The first-order valence-electron chi connectivity index (χ1n) is 5.01. The van der Waals surface area contributed by atoms with Gasteiger partial charge in [-0.25, -0.2) is 0 Å². The van der Waals surface area contributed by atoms with Crippen LogP contribution in [-0.4, -0.2) is 0 Å². The van der Waals surface area contributed by atoms with E-state index in [-0.39, 0.29) is 0 Å². The Bertz CT molecular complexity index is 525. The van der Waals surface area contributed by atoms with E-state index in [0.29, 0.717) is 0 Å². The summed E-state index contributed by atoms with van der Waals surface area (Å²) in [5.41, 5.74) is 3.21. The van der Waals surface area contributed by atoms with Crippen molar-refractivity contribution in [1.82, 2.24) is 0 Å². The van der Waals surface area contributed by atoms with Gasteiger partial charge in [0.15, 0.2) is 0 Å². The van der Waals surface area contributed by atoms with Gasteiger partial charge in [0.1, 0.15) is 11.3 Å². The molecule has 0 saturated heterocycles. The minimum absolute atomic E-state index is 0.895. The molecular weight excluding hydrogens is 184 g/mol. The van der Waals surface area contributed by atoms with Gasteiger partial charge in [-0.3, -0.25) is 0 Å². The van der Waals surface area contributed by atoms with Crippen molar-refractivity contribution < 1.29 is 4.42 Å². The second-order valence-electron chi connectivity index (χ2n) is 3.80. The van der Waals surface area contributed by atoms with Crippen LogP contribution in [0.15, 0.2) is 40.8 Å². The third kappa shape index (κ3) is 1.73. The first-order chi connectivity index (χ1) is 7.22. The molecule has 15 heavy (non-hydrogen) atoms. The summed E-state index contributed by atoms with van der Waals surface area (Å²) < 4.78 is 5.75. The average molecular weight is 198 g/mol. The molecule has 76 valence electrons. The Morgan fingerprint density at radius 2 is 2.00 bits per heavy atom. The lowest BCUT2D eigenvalue weighted by Crippen LogP contribution is -1.73. The standard InChI is InChI=1S/C14H14O/c1-4-11-12-7-5-6-8-13(12)15-14(11)9-10(2)3/h4-9H,1H2,2-3H3. The zero-order valence-corrected chi connectivity index (χ0v) is 9.08. The summed E-state index contributed by atoms with van der Waals surface area (Å²) in [6.07, 6.45) is 3.89. The SMILES string of the molecule is C=Cc1c(C=C(C)C)oc2ccccc12. The Morgan fingerprint density at radius 1 is 1.27 bits per heavy atom. The maximum atomic E-state index is 5.75. The molecule has 0 aliphatic carbocycles. The molecular formula is C14H14O. The summed E-state index contributed by atoms with van der Waals surface area (Å²) in [7, 11) is 0. The van der Waals surface area contributed by atoms with Gasteiger partial charge in [0.2, 0.25) is 0 Å². The molecule has 0 fully saturated rings. The van der Waals surface area contributed by atoms with Crippen LogP contribution in [0.2, 0.25) is 0 Å². The predicted octanol–water partition coefficient (Wildman–Crippen LogP) is 4.50. The van der Waals surface area contributed by atoms with Crippen LogP contribution in [0.4, 0.5) is 0 Å². The number of fused-ring (bicyclic) bond motifs is 1. The fourth-order valence-electron chi connectivity index (χ4n) is 1.66. The molecule has 0 spiro atoms. The third-order valence-corrected chi connectivity index (χ3v) is 2.29.